The summed E-state index contributed by atoms with van der Waals surface area (Å²) < 4.78 is 0. The molecule has 0 bridgehead atoms. The molecule has 1 heterocycles. The maximum atomic E-state index is 4.21. The van der Waals surface area contributed by atoms with Gasteiger partial charge in [-0.2, -0.15) is 0 Å². The largest absolute Gasteiger partial charge is 0.311 e. The van der Waals surface area contributed by atoms with Gasteiger partial charge in [0, 0.05) is 23.5 Å². The second kappa shape index (κ2) is 6.21. The standard InChI is InChI=1S/C12H21N3S/c1-5-12(3,4)15-8-10(2)16-11-6-7-13-9-14-11/h6-7,9-10,15H,5,8H2,1-4H3. The van der Waals surface area contributed by atoms with Crippen molar-refractivity contribution in [1.29, 1.82) is 0 Å². The highest BCUT2D eigenvalue weighted by Crippen LogP contribution is 2.20. The van der Waals surface area contributed by atoms with Crippen LogP contribution in [0.4, 0.5) is 0 Å². The molecule has 1 rings (SSSR count). The third kappa shape index (κ3) is 4.94. The number of thioether (sulfide) groups is 1. The summed E-state index contributed by atoms with van der Waals surface area (Å²) in [6.07, 6.45) is 4.52. The molecule has 16 heavy (non-hydrogen) atoms. The zero-order valence-corrected chi connectivity index (χ0v) is 11.3. The van der Waals surface area contributed by atoms with Crippen molar-refractivity contribution in [3.8, 4) is 0 Å². The van der Waals surface area contributed by atoms with Gasteiger partial charge >= 0.3 is 0 Å². The Morgan fingerprint density at radius 2 is 2.25 bits per heavy atom. The van der Waals surface area contributed by atoms with Gasteiger partial charge in [-0.15, -0.1) is 11.8 Å². The molecule has 0 aliphatic heterocycles. The first kappa shape index (κ1) is 13.5. The first-order chi connectivity index (χ1) is 7.53. The molecule has 0 spiro atoms. The molecule has 1 unspecified atom stereocenters. The van der Waals surface area contributed by atoms with Gasteiger partial charge in [-0.25, -0.2) is 9.97 Å². The van der Waals surface area contributed by atoms with Crippen LogP contribution in [-0.4, -0.2) is 27.3 Å². The van der Waals surface area contributed by atoms with E-state index in [1.54, 1.807) is 24.3 Å². The molecule has 4 heteroatoms. The third-order valence-corrected chi connectivity index (χ3v) is 3.68. The number of aromatic nitrogens is 2. The molecule has 0 saturated carbocycles. The molecule has 1 N–H and O–H groups in total. The monoisotopic (exact) mass is 239 g/mol. The summed E-state index contributed by atoms with van der Waals surface area (Å²) in [5.41, 5.74) is 0.223. The van der Waals surface area contributed by atoms with Crippen LogP contribution in [0.15, 0.2) is 23.6 Å². The van der Waals surface area contributed by atoms with Gasteiger partial charge in [0.1, 0.15) is 6.33 Å². The van der Waals surface area contributed by atoms with Crippen LogP contribution in [0.5, 0.6) is 0 Å². The summed E-state index contributed by atoms with van der Waals surface area (Å²) in [5.74, 6) is 0. The molecule has 0 aromatic carbocycles. The van der Waals surface area contributed by atoms with Crippen molar-refractivity contribution in [2.45, 2.75) is 49.9 Å². The molecule has 1 aromatic rings. The van der Waals surface area contributed by atoms with Crippen molar-refractivity contribution in [2.75, 3.05) is 6.54 Å². The van der Waals surface area contributed by atoms with Gasteiger partial charge in [-0.05, 0) is 26.3 Å². The summed E-state index contributed by atoms with van der Waals surface area (Å²) in [7, 11) is 0. The molecule has 0 saturated heterocycles. The van der Waals surface area contributed by atoms with Crippen LogP contribution in [0.1, 0.15) is 34.1 Å². The smallest absolute Gasteiger partial charge is 0.116 e. The van der Waals surface area contributed by atoms with E-state index < -0.39 is 0 Å². The summed E-state index contributed by atoms with van der Waals surface area (Å²) >= 11 is 1.78. The van der Waals surface area contributed by atoms with Crippen molar-refractivity contribution in [3.05, 3.63) is 18.6 Å². The third-order valence-electron chi connectivity index (χ3n) is 2.63. The highest BCUT2D eigenvalue weighted by Gasteiger charge is 2.15. The van der Waals surface area contributed by atoms with Gasteiger partial charge in [0.15, 0.2) is 0 Å². The van der Waals surface area contributed by atoms with Gasteiger partial charge in [0.05, 0.1) is 5.03 Å². The molecule has 0 amide bonds. The lowest BCUT2D eigenvalue weighted by atomic mass is 10.0. The number of nitrogens with zero attached hydrogens (tertiary/aromatic N) is 2. The average molecular weight is 239 g/mol. The van der Waals surface area contributed by atoms with Crippen molar-refractivity contribution in [2.24, 2.45) is 0 Å². The minimum Gasteiger partial charge on any atom is -0.311 e. The molecule has 90 valence electrons. The summed E-state index contributed by atoms with van der Waals surface area (Å²) in [4.78, 5) is 8.12. The van der Waals surface area contributed by atoms with Crippen LogP contribution in [0.25, 0.3) is 0 Å². The van der Waals surface area contributed by atoms with E-state index in [1.807, 2.05) is 6.07 Å². The fourth-order valence-corrected chi connectivity index (χ4v) is 1.97. The van der Waals surface area contributed by atoms with Crippen LogP contribution >= 0.6 is 11.8 Å². The maximum Gasteiger partial charge on any atom is 0.116 e. The first-order valence-corrected chi connectivity index (χ1v) is 6.59. The molecule has 1 aromatic heterocycles. The van der Waals surface area contributed by atoms with E-state index in [4.69, 9.17) is 0 Å². The van der Waals surface area contributed by atoms with Crippen molar-refractivity contribution in [3.63, 3.8) is 0 Å². The quantitative estimate of drug-likeness (QED) is 0.612. The highest BCUT2D eigenvalue weighted by molar-refractivity contribution is 7.99. The number of rotatable bonds is 6. The Morgan fingerprint density at radius 3 is 2.81 bits per heavy atom. The van der Waals surface area contributed by atoms with Crippen molar-refractivity contribution in [1.82, 2.24) is 15.3 Å². The second-order valence-electron chi connectivity index (χ2n) is 4.59. The van der Waals surface area contributed by atoms with Crippen LogP contribution in [0.2, 0.25) is 0 Å². The predicted molar refractivity (Wildman–Crippen MR) is 69.7 cm³/mol. The summed E-state index contributed by atoms with van der Waals surface area (Å²) in [6.45, 7) is 9.88. The lowest BCUT2D eigenvalue weighted by Crippen LogP contribution is -2.41. The molecule has 1 atom stereocenters. The minimum absolute atomic E-state index is 0.223. The van der Waals surface area contributed by atoms with E-state index in [2.05, 4.69) is 43.0 Å². The summed E-state index contributed by atoms with van der Waals surface area (Å²) in [6, 6.07) is 1.95. The highest BCUT2D eigenvalue weighted by atomic mass is 32.2. The van der Waals surface area contributed by atoms with Gasteiger partial charge in [-0.1, -0.05) is 13.8 Å². The SMILES string of the molecule is CCC(C)(C)NCC(C)Sc1ccncn1. The molecular formula is C12H21N3S. The minimum atomic E-state index is 0.223. The Hall–Kier alpha value is -0.610. The zero-order chi connectivity index (χ0) is 12.0. The molecule has 0 aliphatic rings. The van der Waals surface area contributed by atoms with Crippen LogP contribution in [-0.2, 0) is 0 Å². The Kier molecular flexibility index (Phi) is 5.22. The first-order valence-electron chi connectivity index (χ1n) is 5.71. The van der Waals surface area contributed by atoms with E-state index >= 15 is 0 Å². The molecule has 0 aliphatic carbocycles. The van der Waals surface area contributed by atoms with Gasteiger partial charge in [-0.3, -0.25) is 0 Å². The average Bonchev–Trinajstić information content (AvgIpc) is 2.28. The Bertz CT molecular complexity index is 300. The zero-order valence-electron chi connectivity index (χ0n) is 10.5. The number of nitrogens with one attached hydrogen (secondary N) is 1. The predicted octanol–water partition coefficient (Wildman–Crippen LogP) is 2.74. The summed E-state index contributed by atoms with van der Waals surface area (Å²) in [5, 5.41) is 5.12. The molecule has 0 radical (unpaired) electrons. The topological polar surface area (TPSA) is 37.8 Å². The Labute approximate surface area is 102 Å². The van der Waals surface area contributed by atoms with E-state index in [0.717, 1.165) is 18.0 Å². The van der Waals surface area contributed by atoms with E-state index in [9.17, 15) is 0 Å². The van der Waals surface area contributed by atoms with E-state index in [-0.39, 0.29) is 5.54 Å². The number of hydrogen-bond acceptors (Lipinski definition) is 4. The maximum absolute atomic E-state index is 4.21. The van der Waals surface area contributed by atoms with Crippen LogP contribution in [0, 0.1) is 0 Å². The fraction of sp³-hybridized carbons (Fsp3) is 0.667. The van der Waals surface area contributed by atoms with E-state index in [1.165, 1.54) is 0 Å². The van der Waals surface area contributed by atoms with E-state index in [0.29, 0.717) is 5.25 Å². The second-order valence-corrected chi connectivity index (χ2v) is 6.05. The van der Waals surface area contributed by atoms with Gasteiger partial charge < -0.3 is 5.32 Å². The van der Waals surface area contributed by atoms with Gasteiger partial charge in [0.2, 0.25) is 0 Å². The fourth-order valence-electron chi connectivity index (χ4n) is 1.14. The Balaban J connectivity index is 2.34. The lowest BCUT2D eigenvalue weighted by Gasteiger charge is -2.26. The van der Waals surface area contributed by atoms with Crippen molar-refractivity contribution < 1.29 is 0 Å². The van der Waals surface area contributed by atoms with Crippen molar-refractivity contribution >= 4 is 11.8 Å². The van der Waals surface area contributed by atoms with Crippen LogP contribution in [0.3, 0.4) is 0 Å². The number of hydrogen-bond donors (Lipinski definition) is 1. The van der Waals surface area contributed by atoms with Crippen LogP contribution < -0.4 is 5.32 Å². The lowest BCUT2D eigenvalue weighted by molar-refractivity contribution is 0.379. The molecule has 3 nitrogen and oxygen atoms in total. The molecular weight excluding hydrogens is 218 g/mol. The van der Waals surface area contributed by atoms with Gasteiger partial charge in [0.25, 0.3) is 0 Å². The normalized spacial score (nSPS) is 13.8. The molecule has 0 fully saturated rings. The Morgan fingerprint density at radius 1 is 1.50 bits per heavy atom.